The van der Waals surface area contributed by atoms with Crippen LogP contribution in [0.5, 0.6) is 0 Å². The first-order valence-electron chi connectivity index (χ1n) is 9.62. The lowest BCUT2D eigenvalue weighted by Crippen LogP contribution is -1.94. The molecule has 0 atom stereocenters. The largest absolute Gasteiger partial charge is 0.289 e. The van der Waals surface area contributed by atoms with Gasteiger partial charge in [-0.05, 0) is 100 Å². The number of hydrogen-bond donors (Lipinski definition) is 0. The van der Waals surface area contributed by atoms with Gasteiger partial charge in [0.1, 0.15) is 0 Å². The van der Waals surface area contributed by atoms with E-state index in [-0.39, 0.29) is 13.2 Å². The predicted octanol–water partition coefficient (Wildman–Crippen LogP) is 9.84. The first-order valence-corrected chi connectivity index (χ1v) is 12.8. The van der Waals surface area contributed by atoms with Crippen molar-refractivity contribution < 1.29 is 4.79 Å². The van der Waals surface area contributed by atoms with Gasteiger partial charge in [0.15, 0.2) is 5.78 Å². The average molecular weight is 678 g/mol. The Morgan fingerprint density at radius 1 is 0.469 bits per heavy atom. The van der Waals surface area contributed by atoms with Crippen molar-refractivity contribution in [1.29, 1.82) is 0 Å². The molecule has 6 rings (SSSR count). The van der Waals surface area contributed by atoms with E-state index in [0.29, 0.717) is 0 Å². The van der Waals surface area contributed by atoms with Gasteiger partial charge in [0.2, 0.25) is 0 Å². The predicted molar refractivity (Wildman–Crippen MR) is 148 cm³/mol. The van der Waals surface area contributed by atoms with E-state index in [4.69, 9.17) is 0 Å². The number of carbonyl (C=O) groups excluding carboxylic acids is 1. The number of rotatable bonds is 0. The highest BCUT2D eigenvalue weighted by molar-refractivity contribution is 9.11. The molecule has 0 N–H and O–H groups in total. The normalized spacial score (nSPS) is 12.1. The number of hydrogen-bond acceptors (Lipinski definition) is 1. The summed E-state index contributed by atoms with van der Waals surface area (Å²) in [5, 5.41) is 0. The summed E-state index contributed by atoms with van der Waals surface area (Å²) in [6, 6.07) is 24.6. The van der Waals surface area contributed by atoms with Crippen LogP contribution in [0.15, 0.2) is 90.7 Å². The molecule has 32 heavy (non-hydrogen) atoms. The Bertz CT molecular complexity index is 1270. The van der Waals surface area contributed by atoms with Crippen molar-refractivity contribution in [2.45, 2.75) is 13.8 Å². The minimum absolute atomic E-state index is 0. The molecule has 2 aliphatic carbocycles. The van der Waals surface area contributed by atoms with Crippen molar-refractivity contribution in [3.8, 4) is 22.3 Å². The second kappa shape index (κ2) is 9.38. The van der Waals surface area contributed by atoms with Crippen molar-refractivity contribution in [2.24, 2.45) is 0 Å². The molecule has 0 aliphatic heterocycles. The zero-order valence-corrected chi connectivity index (χ0v) is 22.4. The van der Waals surface area contributed by atoms with Crippen LogP contribution in [0.25, 0.3) is 22.3 Å². The summed E-state index contributed by atoms with van der Waals surface area (Å²) in [5.74, 6) is 0.116. The van der Waals surface area contributed by atoms with Gasteiger partial charge in [-0.1, -0.05) is 83.3 Å². The molecule has 1 nitrogen and oxygen atoms in total. The van der Waals surface area contributed by atoms with Gasteiger partial charge >= 0.3 is 0 Å². The summed E-state index contributed by atoms with van der Waals surface area (Å²) in [5.41, 5.74) is 9.16. The molecule has 0 fully saturated rings. The third-order valence-corrected chi connectivity index (χ3v) is 7.53. The smallest absolute Gasteiger partial charge is 0.194 e. The Morgan fingerprint density at radius 3 is 1.22 bits per heavy atom. The highest BCUT2D eigenvalue weighted by Gasteiger charge is 2.26. The van der Waals surface area contributed by atoms with E-state index in [9.17, 15) is 4.79 Å². The van der Waals surface area contributed by atoms with Crippen LogP contribution >= 0.6 is 63.7 Å². The van der Waals surface area contributed by atoms with Gasteiger partial charge < -0.3 is 0 Å². The molecule has 5 heteroatoms. The molecule has 2 aliphatic rings. The van der Waals surface area contributed by atoms with Gasteiger partial charge in [0, 0.05) is 29.0 Å². The van der Waals surface area contributed by atoms with Crippen LogP contribution in [-0.2, 0) is 6.42 Å². The van der Waals surface area contributed by atoms with Crippen molar-refractivity contribution in [2.75, 3.05) is 0 Å². The molecule has 0 saturated carbocycles. The lowest BCUT2D eigenvalue weighted by atomic mass is 10.1. The van der Waals surface area contributed by atoms with Gasteiger partial charge in [-0.2, -0.15) is 0 Å². The second-order valence-corrected chi connectivity index (χ2v) is 11.2. The summed E-state index contributed by atoms with van der Waals surface area (Å²) >= 11 is 13.9. The number of halogens is 4. The molecule has 4 aromatic rings. The zero-order chi connectivity index (χ0) is 21.7. The van der Waals surface area contributed by atoms with Gasteiger partial charge in [0.25, 0.3) is 0 Å². The molecule has 0 spiro atoms. The van der Waals surface area contributed by atoms with Gasteiger partial charge in [-0.3, -0.25) is 4.79 Å². The van der Waals surface area contributed by atoms with Crippen LogP contribution in [0.2, 0.25) is 0 Å². The minimum Gasteiger partial charge on any atom is -0.289 e. The monoisotopic (exact) mass is 674 g/mol. The summed E-state index contributed by atoms with van der Waals surface area (Å²) < 4.78 is 4.28. The fraction of sp³-hybridized carbons (Fsp3) is 0.0741. The fourth-order valence-corrected chi connectivity index (χ4v) is 5.58. The maximum absolute atomic E-state index is 12.1. The lowest BCUT2D eigenvalue weighted by molar-refractivity contribution is 0.104. The molecule has 0 heterocycles. The molecular formula is C27H18Br4O. The van der Waals surface area contributed by atoms with E-state index in [2.05, 4.69) is 100 Å². The molecule has 160 valence electrons. The summed E-state index contributed by atoms with van der Waals surface area (Å²) in [6.45, 7) is 0. The molecule has 4 aromatic carbocycles. The molecule has 0 amide bonds. The van der Waals surface area contributed by atoms with Gasteiger partial charge in [-0.25, -0.2) is 0 Å². The first-order chi connectivity index (χ1) is 14.9. The van der Waals surface area contributed by atoms with Gasteiger partial charge in [-0.15, -0.1) is 0 Å². The maximum atomic E-state index is 12.1. The summed E-state index contributed by atoms with van der Waals surface area (Å²) in [6.07, 6.45) is 1.06. The average Bonchev–Trinajstić information content (AvgIpc) is 3.23. The van der Waals surface area contributed by atoms with Crippen LogP contribution in [-0.4, -0.2) is 5.78 Å². The minimum atomic E-state index is 0. The lowest BCUT2D eigenvalue weighted by Gasteiger charge is -2.01. The van der Waals surface area contributed by atoms with Crippen molar-refractivity contribution in [3.05, 3.63) is 113 Å². The molecule has 0 radical (unpaired) electrons. The molecular weight excluding hydrogens is 660 g/mol. The van der Waals surface area contributed by atoms with Crippen LogP contribution in [0.4, 0.5) is 0 Å². The van der Waals surface area contributed by atoms with E-state index in [0.717, 1.165) is 46.6 Å². The number of ketones is 1. The zero-order valence-electron chi connectivity index (χ0n) is 16.1. The molecule has 0 saturated heterocycles. The van der Waals surface area contributed by atoms with Gasteiger partial charge in [0.05, 0.1) is 0 Å². The highest BCUT2D eigenvalue weighted by atomic mass is 79.9. The Balaban J connectivity index is 0.000000149. The van der Waals surface area contributed by atoms with E-state index < -0.39 is 0 Å². The second-order valence-electron chi connectivity index (χ2n) is 7.49. The Labute approximate surface area is 221 Å². The van der Waals surface area contributed by atoms with Crippen LogP contribution in [0, 0.1) is 0 Å². The first kappa shape index (κ1) is 23.6. The standard InChI is InChI=1S/C13H6Br2O.C13H8Br2.CH4/c14-7-1-3-9-11(5-7)12-6-8(15)2-4-10(12)13(9)16;14-10-3-1-8-5-9-2-4-11(15)7-13(9)12(8)6-10;/h1-6H;1-4,6-7H,5H2;1H4. The third kappa shape index (κ3) is 4.33. The van der Waals surface area contributed by atoms with Crippen molar-refractivity contribution >= 4 is 69.5 Å². The number of fused-ring (bicyclic) bond motifs is 6. The quantitative estimate of drug-likeness (QED) is 0.156. The number of carbonyl (C=O) groups is 1. The topological polar surface area (TPSA) is 17.1 Å². The van der Waals surface area contributed by atoms with E-state index >= 15 is 0 Å². The van der Waals surface area contributed by atoms with Crippen LogP contribution < -0.4 is 0 Å². The molecule has 0 unspecified atom stereocenters. The Morgan fingerprint density at radius 2 is 0.812 bits per heavy atom. The van der Waals surface area contributed by atoms with E-state index in [1.807, 2.05) is 36.4 Å². The summed E-state index contributed by atoms with van der Waals surface area (Å²) in [4.78, 5) is 12.1. The summed E-state index contributed by atoms with van der Waals surface area (Å²) in [7, 11) is 0. The fourth-order valence-electron chi connectivity index (χ4n) is 4.13. The van der Waals surface area contributed by atoms with Crippen LogP contribution in [0.1, 0.15) is 34.5 Å². The highest BCUT2D eigenvalue weighted by Crippen LogP contribution is 2.40. The van der Waals surface area contributed by atoms with E-state index in [1.54, 1.807) is 0 Å². The third-order valence-electron chi connectivity index (χ3n) is 5.56. The van der Waals surface area contributed by atoms with Crippen molar-refractivity contribution in [1.82, 2.24) is 0 Å². The van der Waals surface area contributed by atoms with E-state index in [1.165, 1.54) is 22.3 Å². The van der Waals surface area contributed by atoms with Crippen LogP contribution in [0.3, 0.4) is 0 Å². The maximum Gasteiger partial charge on any atom is 0.194 e. The van der Waals surface area contributed by atoms with Crippen molar-refractivity contribution in [3.63, 3.8) is 0 Å². The molecule has 0 bridgehead atoms. The Kier molecular flexibility index (Phi) is 6.92. The number of benzene rings is 4. The molecule has 0 aromatic heterocycles. The Hall–Kier alpha value is -1.53. The SMILES string of the molecule is Brc1ccc2c(c1)-c1cc(Br)ccc1C2.C.O=C1c2ccc(Br)cc2-c2cc(Br)ccc21.